The molecule has 3 rings (SSSR count). The molecule has 112 valence electrons. The van der Waals surface area contributed by atoms with Crippen molar-refractivity contribution in [3.63, 3.8) is 0 Å². The smallest absolute Gasteiger partial charge is 0.127 e. The maximum absolute atomic E-state index is 4.37. The number of rotatable bonds is 3. The molecule has 0 spiro atoms. The molecule has 0 aliphatic rings. The van der Waals surface area contributed by atoms with Gasteiger partial charge in [-0.3, -0.25) is 0 Å². The second kappa shape index (κ2) is 7.62. The summed E-state index contributed by atoms with van der Waals surface area (Å²) in [6.07, 6.45) is 1.77. The van der Waals surface area contributed by atoms with Crippen LogP contribution in [0.4, 0.5) is 5.82 Å². The van der Waals surface area contributed by atoms with E-state index in [1.165, 1.54) is 0 Å². The lowest BCUT2D eigenvalue weighted by Crippen LogP contribution is -2.09. The van der Waals surface area contributed by atoms with Crippen molar-refractivity contribution in [2.75, 3.05) is 5.32 Å². The number of hydrogen-bond donors (Lipinski definition) is 1. The predicted octanol–water partition coefficient (Wildman–Crippen LogP) is 5.05. The van der Waals surface area contributed by atoms with Crippen molar-refractivity contribution in [2.45, 2.75) is 6.04 Å². The molecule has 0 saturated heterocycles. The van der Waals surface area contributed by atoms with Gasteiger partial charge >= 0.3 is 0 Å². The lowest BCUT2D eigenvalue weighted by molar-refractivity contribution is 1.000. The number of benzene rings is 2. The quantitative estimate of drug-likeness (QED) is 0.659. The van der Waals surface area contributed by atoms with E-state index in [1.54, 1.807) is 6.20 Å². The molecule has 3 heteroatoms. The number of nitrogens with zero attached hydrogens (tertiary/aromatic N) is 1. The Labute approximate surface area is 144 Å². The summed E-state index contributed by atoms with van der Waals surface area (Å²) in [5.74, 6) is 7.32. The molecule has 3 aromatic rings. The molecule has 0 fully saturated rings. The Balaban J connectivity index is 1.88. The summed E-state index contributed by atoms with van der Waals surface area (Å²) < 4.78 is 0.953. The first-order valence-corrected chi connectivity index (χ1v) is 8.10. The third-order valence-electron chi connectivity index (χ3n) is 3.29. The first-order valence-electron chi connectivity index (χ1n) is 7.31. The van der Waals surface area contributed by atoms with Crippen molar-refractivity contribution in [1.29, 1.82) is 0 Å². The highest BCUT2D eigenvalue weighted by Gasteiger charge is 2.08. The first-order chi connectivity index (χ1) is 11.3. The topological polar surface area (TPSA) is 24.9 Å². The molecule has 1 aromatic heterocycles. The number of hydrogen-bond acceptors (Lipinski definition) is 2. The van der Waals surface area contributed by atoms with Gasteiger partial charge in [-0.05, 0) is 45.8 Å². The summed E-state index contributed by atoms with van der Waals surface area (Å²) >= 11 is 3.40. The molecular formula is C20H15BrN2. The van der Waals surface area contributed by atoms with Crippen molar-refractivity contribution in [2.24, 2.45) is 0 Å². The van der Waals surface area contributed by atoms with Crippen LogP contribution in [-0.2, 0) is 0 Å². The van der Waals surface area contributed by atoms with E-state index >= 15 is 0 Å². The monoisotopic (exact) mass is 362 g/mol. The molecule has 0 aliphatic heterocycles. The van der Waals surface area contributed by atoms with E-state index in [-0.39, 0.29) is 6.04 Å². The molecule has 0 aliphatic carbocycles. The molecule has 0 bridgehead atoms. The van der Waals surface area contributed by atoms with Gasteiger partial charge in [-0.2, -0.15) is 0 Å². The van der Waals surface area contributed by atoms with E-state index in [1.807, 2.05) is 60.7 Å². The fraction of sp³-hybridized carbons (Fsp3) is 0.0500. The summed E-state index contributed by atoms with van der Waals surface area (Å²) in [6.45, 7) is 0. The Hall–Kier alpha value is -2.57. The lowest BCUT2D eigenvalue weighted by Gasteiger charge is -2.14. The molecule has 0 amide bonds. The SMILES string of the molecule is Brc1ccc(NC(C#Cc2ccccc2)c2ccccc2)nc1. The van der Waals surface area contributed by atoms with Crippen molar-refractivity contribution in [3.05, 3.63) is 94.6 Å². The minimum absolute atomic E-state index is 0.120. The molecule has 23 heavy (non-hydrogen) atoms. The van der Waals surface area contributed by atoms with Gasteiger partial charge in [0.05, 0.1) is 0 Å². The number of halogens is 1. The minimum atomic E-state index is -0.120. The normalized spacial score (nSPS) is 11.2. The summed E-state index contributed by atoms with van der Waals surface area (Å²) in [7, 11) is 0. The van der Waals surface area contributed by atoms with Gasteiger partial charge in [0.15, 0.2) is 0 Å². The standard InChI is InChI=1S/C20H15BrN2/c21-18-12-14-20(22-15-18)23-19(17-9-5-2-6-10-17)13-11-16-7-3-1-4-8-16/h1-10,12,14-15,19H,(H,22,23). The van der Waals surface area contributed by atoms with Gasteiger partial charge in [-0.15, -0.1) is 0 Å². The molecule has 1 N–H and O–H groups in total. The van der Waals surface area contributed by atoms with Gasteiger partial charge in [-0.1, -0.05) is 60.4 Å². The number of anilines is 1. The highest BCUT2D eigenvalue weighted by Crippen LogP contribution is 2.19. The Morgan fingerprint density at radius 3 is 2.22 bits per heavy atom. The van der Waals surface area contributed by atoms with Crippen molar-refractivity contribution < 1.29 is 0 Å². The zero-order chi connectivity index (χ0) is 15.9. The zero-order valence-electron chi connectivity index (χ0n) is 12.4. The minimum Gasteiger partial charge on any atom is -0.353 e. The van der Waals surface area contributed by atoms with E-state index in [0.717, 1.165) is 21.4 Å². The van der Waals surface area contributed by atoms with E-state index in [4.69, 9.17) is 0 Å². The second-order valence-electron chi connectivity index (χ2n) is 4.99. The molecular weight excluding hydrogens is 348 g/mol. The fourth-order valence-corrected chi connectivity index (χ4v) is 2.37. The third-order valence-corrected chi connectivity index (χ3v) is 3.76. The molecule has 0 saturated carbocycles. The summed E-state index contributed by atoms with van der Waals surface area (Å²) in [5, 5.41) is 3.39. The van der Waals surface area contributed by atoms with Crippen LogP contribution in [0.2, 0.25) is 0 Å². The van der Waals surface area contributed by atoms with Crippen LogP contribution in [0.25, 0.3) is 0 Å². The average molecular weight is 363 g/mol. The Morgan fingerprint density at radius 1 is 0.870 bits per heavy atom. The van der Waals surface area contributed by atoms with Crippen LogP contribution < -0.4 is 5.32 Å². The van der Waals surface area contributed by atoms with Crippen LogP contribution in [0.1, 0.15) is 17.2 Å². The van der Waals surface area contributed by atoms with Crippen LogP contribution in [-0.4, -0.2) is 4.98 Å². The van der Waals surface area contributed by atoms with Gasteiger partial charge in [0, 0.05) is 16.2 Å². The largest absolute Gasteiger partial charge is 0.353 e. The lowest BCUT2D eigenvalue weighted by atomic mass is 10.1. The van der Waals surface area contributed by atoms with Crippen LogP contribution in [0.15, 0.2) is 83.5 Å². The molecule has 0 radical (unpaired) electrons. The van der Waals surface area contributed by atoms with Gasteiger partial charge in [0.2, 0.25) is 0 Å². The van der Waals surface area contributed by atoms with Crippen molar-refractivity contribution >= 4 is 21.7 Å². The van der Waals surface area contributed by atoms with Crippen LogP contribution in [0, 0.1) is 11.8 Å². The first kappa shape index (κ1) is 15.3. The molecule has 2 nitrogen and oxygen atoms in total. The maximum atomic E-state index is 4.37. The van der Waals surface area contributed by atoms with Gasteiger partial charge in [0.25, 0.3) is 0 Å². The van der Waals surface area contributed by atoms with Crippen LogP contribution >= 0.6 is 15.9 Å². The Morgan fingerprint density at radius 2 is 1.57 bits per heavy atom. The van der Waals surface area contributed by atoms with Crippen LogP contribution in [0.5, 0.6) is 0 Å². The summed E-state index contributed by atoms with van der Waals surface area (Å²) in [6, 6.07) is 23.9. The number of pyridine rings is 1. The van der Waals surface area contributed by atoms with E-state index in [9.17, 15) is 0 Å². The van der Waals surface area contributed by atoms with Gasteiger partial charge < -0.3 is 5.32 Å². The van der Waals surface area contributed by atoms with Gasteiger partial charge in [-0.25, -0.2) is 4.98 Å². The molecule has 2 aromatic carbocycles. The molecule has 1 atom stereocenters. The number of nitrogens with one attached hydrogen (secondary N) is 1. The van der Waals surface area contributed by atoms with Crippen molar-refractivity contribution in [3.8, 4) is 11.8 Å². The van der Waals surface area contributed by atoms with E-state index in [2.05, 4.69) is 50.2 Å². The fourth-order valence-electron chi connectivity index (χ4n) is 2.13. The molecule has 1 unspecified atom stereocenters. The Bertz CT molecular complexity index is 803. The average Bonchev–Trinajstić information content (AvgIpc) is 2.62. The third kappa shape index (κ3) is 4.45. The maximum Gasteiger partial charge on any atom is 0.127 e. The predicted molar refractivity (Wildman–Crippen MR) is 98.1 cm³/mol. The van der Waals surface area contributed by atoms with Crippen molar-refractivity contribution in [1.82, 2.24) is 4.98 Å². The van der Waals surface area contributed by atoms with E-state index < -0.39 is 0 Å². The molecule has 1 heterocycles. The zero-order valence-corrected chi connectivity index (χ0v) is 14.0. The van der Waals surface area contributed by atoms with Gasteiger partial charge in [0.1, 0.15) is 11.9 Å². The highest BCUT2D eigenvalue weighted by atomic mass is 79.9. The summed E-state index contributed by atoms with van der Waals surface area (Å²) in [4.78, 5) is 4.37. The number of aromatic nitrogens is 1. The van der Waals surface area contributed by atoms with Crippen LogP contribution in [0.3, 0.4) is 0 Å². The summed E-state index contributed by atoms with van der Waals surface area (Å²) in [5.41, 5.74) is 2.11. The van der Waals surface area contributed by atoms with E-state index in [0.29, 0.717) is 0 Å². The highest BCUT2D eigenvalue weighted by molar-refractivity contribution is 9.10. The second-order valence-corrected chi connectivity index (χ2v) is 5.90. The Kier molecular flexibility index (Phi) is 5.08.